The Labute approximate surface area is 208 Å². The Hall–Kier alpha value is -5.32. The van der Waals surface area contributed by atoms with Crippen molar-refractivity contribution in [2.75, 3.05) is 0 Å². The SMILES string of the molecule is N#Cc1cc(C#N)cc(-c2ccccc2Oc2ccccc2-n2c3ccccc3c3ccccc32)c1. The number of fused-ring (bicyclic) bond motifs is 3. The summed E-state index contributed by atoms with van der Waals surface area (Å²) in [6, 6.07) is 41.8. The van der Waals surface area contributed by atoms with Crippen molar-refractivity contribution in [1.82, 2.24) is 4.57 Å². The molecule has 0 fully saturated rings. The van der Waals surface area contributed by atoms with Crippen molar-refractivity contribution in [2.45, 2.75) is 0 Å². The van der Waals surface area contributed by atoms with Crippen LogP contribution in [0, 0.1) is 22.7 Å². The lowest BCUT2D eigenvalue weighted by Gasteiger charge is -2.16. The van der Waals surface area contributed by atoms with Crippen LogP contribution < -0.4 is 4.74 Å². The Bertz CT molecular complexity index is 1760. The monoisotopic (exact) mass is 461 g/mol. The number of hydrogen-bond donors (Lipinski definition) is 0. The molecular weight excluding hydrogens is 442 g/mol. The van der Waals surface area contributed by atoms with E-state index in [4.69, 9.17) is 4.74 Å². The molecule has 0 aliphatic rings. The van der Waals surface area contributed by atoms with Gasteiger partial charge in [-0.25, -0.2) is 0 Å². The maximum atomic E-state index is 9.46. The second-order valence-corrected chi connectivity index (χ2v) is 8.46. The summed E-state index contributed by atoms with van der Waals surface area (Å²) in [6.07, 6.45) is 0. The Morgan fingerprint density at radius 2 is 1.08 bits per heavy atom. The van der Waals surface area contributed by atoms with Crippen LogP contribution in [-0.2, 0) is 0 Å². The molecule has 0 saturated carbocycles. The van der Waals surface area contributed by atoms with Crippen LogP contribution in [0.5, 0.6) is 11.5 Å². The molecule has 0 aliphatic heterocycles. The summed E-state index contributed by atoms with van der Waals surface area (Å²) in [5, 5.41) is 21.3. The Morgan fingerprint density at radius 3 is 1.72 bits per heavy atom. The number of nitriles is 2. The van der Waals surface area contributed by atoms with Crippen molar-refractivity contribution < 1.29 is 4.74 Å². The van der Waals surface area contributed by atoms with Gasteiger partial charge in [-0.2, -0.15) is 10.5 Å². The summed E-state index contributed by atoms with van der Waals surface area (Å²) in [6.45, 7) is 0. The number of para-hydroxylation sites is 5. The van der Waals surface area contributed by atoms with Gasteiger partial charge in [-0.05, 0) is 54.1 Å². The van der Waals surface area contributed by atoms with Gasteiger partial charge in [0, 0.05) is 16.3 Å². The average molecular weight is 462 g/mol. The Balaban J connectivity index is 1.53. The molecule has 1 aromatic heterocycles. The minimum absolute atomic E-state index is 0.435. The van der Waals surface area contributed by atoms with Crippen LogP contribution in [0.3, 0.4) is 0 Å². The van der Waals surface area contributed by atoms with E-state index in [1.807, 2.05) is 54.6 Å². The van der Waals surface area contributed by atoms with Crippen molar-refractivity contribution in [3.8, 4) is 40.5 Å². The summed E-state index contributed by atoms with van der Waals surface area (Å²) in [4.78, 5) is 0. The summed E-state index contributed by atoms with van der Waals surface area (Å²) >= 11 is 0. The van der Waals surface area contributed by atoms with E-state index >= 15 is 0 Å². The molecule has 5 aromatic carbocycles. The van der Waals surface area contributed by atoms with E-state index < -0.39 is 0 Å². The topological polar surface area (TPSA) is 61.7 Å². The van der Waals surface area contributed by atoms with Crippen LogP contribution in [-0.4, -0.2) is 4.57 Å². The quantitative estimate of drug-likeness (QED) is 0.267. The highest BCUT2D eigenvalue weighted by Crippen LogP contribution is 2.39. The molecule has 6 rings (SSSR count). The number of benzene rings is 5. The van der Waals surface area contributed by atoms with Crippen LogP contribution in [0.4, 0.5) is 0 Å². The minimum Gasteiger partial charge on any atom is -0.455 e. The number of nitrogens with zero attached hydrogens (tertiary/aromatic N) is 3. The van der Waals surface area contributed by atoms with Crippen LogP contribution in [0.15, 0.2) is 115 Å². The third-order valence-electron chi connectivity index (χ3n) is 6.30. The third kappa shape index (κ3) is 3.55. The Kier molecular flexibility index (Phi) is 5.19. The number of hydrogen-bond acceptors (Lipinski definition) is 3. The van der Waals surface area contributed by atoms with Gasteiger partial charge in [0.15, 0.2) is 5.75 Å². The molecule has 4 heteroatoms. The van der Waals surface area contributed by atoms with E-state index in [9.17, 15) is 10.5 Å². The smallest absolute Gasteiger partial charge is 0.151 e. The molecule has 0 aliphatic carbocycles. The molecule has 0 saturated heterocycles. The first kappa shape index (κ1) is 21.2. The van der Waals surface area contributed by atoms with Crippen molar-refractivity contribution >= 4 is 21.8 Å². The largest absolute Gasteiger partial charge is 0.455 e. The highest BCUT2D eigenvalue weighted by atomic mass is 16.5. The van der Waals surface area contributed by atoms with Gasteiger partial charge in [-0.1, -0.05) is 66.7 Å². The van der Waals surface area contributed by atoms with Crippen molar-refractivity contribution in [3.05, 3.63) is 126 Å². The number of aromatic nitrogens is 1. The fourth-order valence-electron chi connectivity index (χ4n) is 4.74. The molecule has 36 heavy (non-hydrogen) atoms. The molecule has 0 bridgehead atoms. The maximum Gasteiger partial charge on any atom is 0.151 e. The molecule has 4 nitrogen and oxygen atoms in total. The molecule has 6 aromatic rings. The second kappa shape index (κ2) is 8.80. The first-order chi connectivity index (χ1) is 17.8. The Morgan fingerprint density at radius 1 is 0.556 bits per heavy atom. The summed E-state index contributed by atoms with van der Waals surface area (Å²) in [5.41, 5.74) is 5.56. The first-order valence-electron chi connectivity index (χ1n) is 11.6. The predicted octanol–water partition coefficient (Wildman–Crippen LogP) is 7.99. The standard InChI is InChI=1S/C32H19N3O/c33-20-22-17-23(21-34)19-24(18-22)25-9-3-7-15-31(25)36-32-16-8-6-14-30(32)35-28-12-4-1-10-26(28)27-11-2-5-13-29(27)35/h1-19H. The number of rotatable bonds is 4. The van der Waals surface area contributed by atoms with E-state index in [0.717, 1.165) is 27.8 Å². The molecule has 0 unspecified atom stereocenters. The normalized spacial score (nSPS) is 10.7. The van der Waals surface area contributed by atoms with E-state index in [1.165, 1.54) is 10.8 Å². The van der Waals surface area contributed by atoms with Crippen molar-refractivity contribution in [3.63, 3.8) is 0 Å². The lowest BCUT2D eigenvalue weighted by molar-refractivity contribution is 0.482. The van der Waals surface area contributed by atoms with Gasteiger partial charge in [0.25, 0.3) is 0 Å². The van der Waals surface area contributed by atoms with Gasteiger partial charge in [0.2, 0.25) is 0 Å². The zero-order chi connectivity index (χ0) is 24.5. The minimum atomic E-state index is 0.435. The fraction of sp³-hybridized carbons (Fsp3) is 0. The van der Waals surface area contributed by atoms with Crippen LogP contribution in [0.2, 0.25) is 0 Å². The average Bonchev–Trinajstić information content (AvgIpc) is 3.27. The van der Waals surface area contributed by atoms with E-state index in [0.29, 0.717) is 22.6 Å². The summed E-state index contributed by atoms with van der Waals surface area (Å²) < 4.78 is 8.81. The summed E-state index contributed by atoms with van der Waals surface area (Å²) in [7, 11) is 0. The molecule has 0 spiro atoms. The van der Waals surface area contributed by atoms with E-state index in [1.54, 1.807) is 18.2 Å². The molecule has 0 radical (unpaired) electrons. The van der Waals surface area contributed by atoms with Gasteiger partial charge in [-0.3, -0.25) is 0 Å². The third-order valence-corrected chi connectivity index (χ3v) is 6.30. The lowest BCUT2D eigenvalue weighted by atomic mass is 10.00. The zero-order valence-corrected chi connectivity index (χ0v) is 19.2. The molecular formula is C32H19N3O. The highest BCUT2D eigenvalue weighted by molar-refractivity contribution is 6.09. The second-order valence-electron chi connectivity index (χ2n) is 8.46. The highest BCUT2D eigenvalue weighted by Gasteiger charge is 2.16. The van der Waals surface area contributed by atoms with Crippen molar-refractivity contribution in [2.24, 2.45) is 0 Å². The number of ether oxygens (including phenoxy) is 1. The molecule has 0 amide bonds. The molecule has 0 N–H and O–H groups in total. The molecule has 168 valence electrons. The lowest BCUT2D eigenvalue weighted by Crippen LogP contribution is -1.98. The van der Waals surface area contributed by atoms with Crippen LogP contribution >= 0.6 is 0 Å². The van der Waals surface area contributed by atoms with Gasteiger partial charge in [0.1, 0.15) is 5.75 Å². The van der Waals surface area contributed by atoms with Gasteiger partial charge >= 0.3 is 0 Å². The molecule has 1 heterocycles. The maximum absolute atomic E-state index is 9.46. The van der Waals surface area contributed by atoms with Gasteiger partial charge < -0.3 is 9.30 Å². The van der Waals surface area contributed by atoms with Crippen LogP contribution in [0.1, 0.15) is 11.1 Å². The van der Waals surface area contributed by atoms with E-state index in [-0.39, 0.29) is 0 Å². The van der Waals surface area contributed by atoms with Gasteiger partial charge in [-0.15, -0.1) is 0 Å². The van der Waals surface area contributed by atoms with Crippen LogP contribution in [0.25, 0.3) is 38.6 Å². The summed E-state index contributed by atoms with van der Waals surface area (Å²) in [5.74, 6) is 1.35. The zero-order valence-electron chi connectivity index (χ0n) is 19.2. The molecule has 0 atom stereocenters. The fourth-order valence-corrected chi connectivity index (χ4v) is 4.74. The van der Waals surface area contributed by atoms with Gasteiger partial charge in [0.05, 0.1) is 40.0 Å². The van der Waals surface area contributed by atoms with E-state index in [2.05, 4.69) is 59.2 Å². The first-order valence-corrected chi connectivity index (χ1v) is 11.6. The van der Waals surface area contributed by atoms with Crippen molar-refractivity contribution in [1.29, 1.82) is 10.5 Å². The predicted molar refractivity (Wildman–Crippen MR) is 142 cm³/mol.